The van der Waals surface area contributed by atoms with Crippen LogP contribution in [0.2, 0.25) is 5.02 Å². The molecular formula is C13H15ClFNO. The summed E-state index contributed by atoms with van der Waals surface area (Å²) in [5.41, 5.74) is 0. The predicted molar refractivity (Wildman–Crippen MR) is 65.0 cm³/mol. The molecule has 1 N–H and O–H groups in total. The maximum atomic E-state index is 13.1. The van der Waals surface area contributed by atoms with Crippen LogP contribution < -0.4 is 10.1 Å². The second-order valence-corrected chi connectivity index (χ2v) is 5.33. The van der Waals surface area contributed by atoms with Gasteiger partial charge in [0.2, 0.25) is 0 Å². The molecule has 2 atom stereocenters. The molecule has 0 aromatic heterocycles. The van der Waals surface area contributed by atoms with Gasteiger partial charge >= 0.3 is 0 Å². The van der Waals surface area contributed by atoms with Crippen molar-refractivity contribution in [2.24, 2.45) is 0 Å². The van der Waals surface area contributed by atoms with E-state index in [4.69, 9.17) is 16.3 Å². The molecule has 2 bridgehead atoms. The molecule has 2 heterocycles. The smallest absolute Gasteiger partial charge is 0.141 e. The summed E-state index contributed by atoms with van der Waals surface area (Å²) in [5, 5.41) is 4.03. The molecule has 2 fully saturated rings. The molecule has 2 saturated heterocycles. The number of piperidine rings is 1. The molecule has 0 aliphatic carbocycles. The number of halogens is 2. The van der Waals surface area contributed by atoms with Crippen LogP contribution >= 0.6 is 11.6 Å². The lowest BCUT2D eigenvalue weighted by Crippen LogP contribution is -2.42. The molecule has 2 aliphatic heterocycles. The number of hydrogen-bond acceptors (Lipinski definition) is 2. The van der Waals surface area contributed by atoms with Gasteiger partial charge in [-0.2, -0.15) is 0 Å². The van der Waals surface area contributed by atoms with E-state index in [1.54, 1.807) is 6.07 Å². The molecule has 2 nitrogen and oxygen atoms in total. The molecule has 0 spiro atoms. The Morgan fingerprint density at radius 3 is 2.65 bits per heavy atom. The zero-order valence-electron chi connectivity index (χ0n) is 9.46. The predicted octanol–water partition coefficient (Wildman–Crippen LogP) is 3.14. The van der Waals surface area contributed by atoms with E-state index < -0.39 is 0 Å². The fourth-order valence-corrected chi connectivity index (χ4v) is 3.01. The second-order valence-electron chi connectivity index (χ2n) is 4.92. The summed E-state index contributed by atoms with van der Waals surface area (Å²) in [7, 11) is 0. The normalized spacial score (nSPS) is 31.5. The average molecular weight is 256 g/mol. The number of fused-ring (bicyclic) bond motifs is 2. The van der Waals surface area contributed by atoms with Crippen LogP contribution in [0.5, 0.6) is 5.75 Å². The minimum Gasteiger partial charge on any atom is -0.489 e. The van der Waals surface area contributed by atoms with Gasteiger partial charge in [-0.15, -0.1) is 0 Å². The highest BCUT2D eigenvalue weighted by molar-refractivity contribution is 6.32. The van der Waals surface area contributed by atoms with Crippen LogP contribution in [0.1, 0.15) is 25.7 Å². The van der Waals surface area contributed by atoms with Gasteiger partial charge in [-0.25, -0.2) is 4.39 Å². The minimum atomic E-state index is -0.304. The van der Waals surface area contributed by atoms with Crippen LogP contribution in [0.25, 0.3) is 0 Å². The Labute approximate surface area is 105 Å². The molecule has 1 aromatic rings. The van der Waals surface area contributed by atoms with E-state index in [1.165, 1.54) is 25.0 Å². The largest absolute Gasteiger partial charge is 0.489 e. The summed E-state index contributed by atoms with van der Waals surface area (Å²) in [6, 6.07) is 5.38. The van der Waals surface area contributed by atoms with Crippen LogP contribution in [0.3, 0.4) is 0 Å². The van der Waals surface area contributed by atoms with E-state index in [9.17, 15) is 4.39 Å². The Balaban J connectivity index is 1.72. The van der Waals surface area contributed by atoms with Crippen molar-refractivity contribution < 1.29 is 9.13 Å². The van der Waals surface area contributed by atoms with Crippen LogP contribution in [-0.2, 0) is 0 Å². The summed E-state index contributed by atoms with van der Waals surface area (Å²) in [5.74, 6) is 0.166. The number of hydrogen-bond donors (Lipinski definition) is 1. The maximum Gasteiger partial charge on any atom is 0.141 e. The maximum absolute atomic E-state index is 13.1. The van der Waals surface area contributed by atoms with Gasteiger partial charge in [0.1, 0.15) is 17.7 Å². The third kappa shape index (κ3) is 2.40. The van der Waals surface area contributed by atoms with Gasteiger partial charge in [0.05, 0.1) is 5.02 Å². The molecule has 0 radical (unpaired) electrons. The number of benzene rings is 1. The number of rotatable bonds is 2. The topological polar surface area (TPSA) is 21.3 Å². The minimum absolute atomic E-state index is 0.160. The van der Waals surface area contributed by atoms with Crippen molar-refractivity contribution in [1.82, 2.24) is 5.32 Å². The first-order valence-electron chi connectivity index (χ1n) is 6.08. The zero-order chi connectivity index (χ0) is 11.8. The van der Waals surface area contributed by atoms with E-state index >= 15 is 0 Å². The SMILES string of the molecule is Fc1ccc(Cl)c(OC2CC3CCC(C2)N3)c1. The molecule has 4 heteroatoms. The first kappa shape index (κ1) is 11.3. The quantitative estimate of drug-likeness (QED) is 0.877. The summed E-state index contributed by atoms with van der Waals surface area (Å²) in [6.45, 7) is 0. The van der Waals surface area contributed by atoms with Crippen molar-refractivity contribution in [3.63, 3.8) is 0 Å². The fraction of sp³-hybridized carbons (Fsp3) is 0.538. The Bertz CT molecular complexity index is 414. The monoisotopic (exact) mass is 255 g/mol. The van der Waals surface area contributed by atoms with E-state index in [2.05, 4.69) is 5.32 Å². The Hall–Kier alpha value is -0.800. The number of ether oxygens (including phenoxy) is 1. The lowest BCUT2D eigenvalue weighted by atomic mass is 10.0. The van der Waals surface area contributed by atoms with Gasteiger partial charge in [-0.05, 0) is 37.8 Å². The molecular weight excluding hydrogens is 241 g/mol. The average Bonchev–Trinajstić information content (AvgIpc) is 2.63. The molecule has 2 unspecified atom stereocenters. The summed E-state index contributed by atoms with van der Waals surface area (Å²) >= 11 is 6.00. The van der Waals surface area contributed by atoms with Crippen molar-refractivity contribution in [3.05, 3.63) is 29.0 Å². The third-order valence-electron chi connectivity index (χ3n) is 3.62. The molecule has 0 saturated carbocycles. The Morgan fingerprint density at radius 2 is 1.94 bits per heavy atom. The van der Waals surface area contributed by atoms with E-state index in [0.29, 0.717) is 22.9 Å². The van der Waals surface area contributed by atoms with E-state index in [-0.39, 0.29) is 11.9 Å². The molecule has 92 valence electrons. The van der Waals surface area contributed by atoms with Crippen LogP contribution in [0.15, 0.2) is 18.2 Å². The Kier molecular flexibility index (Phi) is 2.97. The highest BCUT2D eigenvalue weighted by Gasteiger charge is 2.34. The lowest BCUT2D eigenvalue weighted by molar-refractivity contribution is 0.137. The Morgan fingerprint density at radius 1 is 1.24 bits per heavy atom. The molecule has 0 amide bonds. The second kappa shape index (κ2) is 4.46. The molecule has 1 aromatic carbocycles. The van der Waals surface area contributed by atoms with E-state index in [0.717, 1.165) is 12.8 Å². The molecule has 17 heavy (non-hydrogen) atoms. The van der Waals surface area contributed by atoms with Crippen LogP contribution in [0, 0.1) is 5.82 Å². The standard InChI is InChI=1S/C13H15ClFNO/c14-12-4-1-8(15)5-13(12)17-11-6-9-2-3-10(7-11)16-9/h1,4-5,9-11,16H,2-3,6-7H2. The van der Waals surface area contributed by atoms with Crippen molar-refractivity contribution in [1.29, 1.82) is 0 Å². The van der Waals surface area contributed by atoms with Crippen molar-refractivity contribution in [3.8, 4) is 5.75 Å². The van der Waals surface area contributed by atoms with Gasteiger partial charge in [0.15, 0.2) is 0 Å². The summed E-state index contributed by atoms with van der Waals surface area (Å²) in [6.07, 6.45) is 4.59. The first-order chi connectivity index (χ1) is 8.20. The molecule has 2 aliphatic rings. The summed E-state index contributed by atoms with van der Waals surface area (Å²) < 4.78 is 19.0. The highest BCUT2D eigenvalue weighted by atomic mass is 35.5. The molecule has 3 rings (SSSR count). The van der Waals surface area contributed by atoms with Gasteiger partial charge < -0.3 is 10.1 Å². The first-order valence-corrected chi connectivity index (χ1v) is 6.46. The van der Waals surface area contributed by atoms with E-state index in [1.807, 2.05) is 0 Å². The summed E-state index contributed by atoms with van der Waals surface area (Å²) in [4.78, 5) is 0. The van der Waals surface area contributed by atoms with Gasteiger partial charge in [0.25, 0.3) is 0 Å². The highest BCUT2D eigenvalue weighted by Crippen LogP contribution is 2.32. The lowest BCUT2D eigenvalue weighted by Gasteiger charge is -2.29. The van der Waals surface area contributed by atoms with Gasteiger partial charge in [0, 0.05) is 18.2 Å². The van der Waals surface area contributed by atoms with Crippen LogP contribution in [-0.4, -0.2) is 18.2 Å². The third-order valence-corrected chi connectivity index (χ3v) is 3.93. The van der Waals surface area contributed by atoms with Crippen molar-refractivity contribution in [2.45, 2.75) is 43.9 Å². The van der Waals surface area contributed by atoms with Gasteiger partial charge in [-0.1, -0.05) is 11.6 Å². The van der Waals surface area contributed by atoms with Crippen molar-refractivity contribution in [2.75, 3.05) is 0 Å². The number of nitrogens with one attached hydrogen (secondary N) is 1. The van der Waals surface area contributed by atoms with Gasteiger partial charge in [-0.3, -0.25) is 0 Å². The van der Waals surface area contributed by atoms with Crippen LogP contribution in [0.4, 0.5) is 4.39 Å². The zero-order valence-corrected chi connectivity index (χ0v) is 10.2. The van der Waals surface area contributed by atoms with Crippen molar-refractivity contribution >= 4 is 11.6 Å². The fourth-order valence-electron chi connectivity index (χ4n) is 2.85.